The molecule has 0 amide bonds. The summed E-state index contributed by atoms with van der Waals surface area (Å²) in [5, 5.41) is 0. The minimum Gasteiger partial charge on any atom is -0.465 e. The van der Waals surface area contributed by atoms with Crippen molar-refractivity contribution in [3.8, 4) is 0 Å². The van der Waals surface area contributed by atoms with Crippen LogP contribution in [0, 0.1) is 11.8 Å². The van der Waals surface area contributed by atoms with Gasteiger partial charge in [-0.2, -0.15) is 4.98 Å². The van der Waals surface area contributed by atoms with Crippen LogP contribution in [0.5, 0.6) is 0 Å². The molecule has 0 aliphatic rings. The second-order valence-corrected chi connectivity index (χ2v) is 7.62. The number of aryl methyl sites for hydroxylation is 1. The number of aromatic amines is 1. The summed E-state index contributed by atoms with van der Waals surface area (Å²) in [6.07, 6.45) is 2.76. The topological polar surface area (TPSA) is 168 Å². The fourth-order valence-corrected chi connectivity index (χ4v) is 2.89. The zero-order chi connectivity index (χ0) is 22.3. The van der Waals surface area contributed by atoms with Gasteiger partial charge >= 0.3 is 11.9 Å². The first-order valence-corrected chi connectivity index (χ1v) is 9.99. The summed E-state index contributed by atoms with van der Waals surface area (Å²) >= 11 is 0. The third kappa shape index (κ3) is 6.55. The number of carbonyl (C=O) groups is 2. The first-order valence-electron chi connectivity index (χ1n) is 9.99. The van der Waals surface area contributed by atoms with E-state index in [1.54, 1.807) is 11.5 Å². The van der Waals surface area contributed by atoms with E-state index < -0.39 is 17.6 Å². The highest BCUT2D eigenvalue weighted by Crippen LogP contribution is 2.13. The number of hydrogen-bond donors (Lipinski definition) is 3. The van der Waals surface area contributed by atoms with Crippen molar-refractivity contribution < 1.29 is 19.1 Å². The van der Waals surface area contributed by atoms with Crippen molar-refractivity contribution in [2.24, 2.45) is 17.6 Å². The molecule has 0 saturated heterocycles. The summed E-state index contributed by atoms with van der Waals surface area (Å²) in [5.41, 5.74) is 11.6. The molecule has 2 rings (SSSR count). The van der Waals surface area contributed by atoms with Gasteiger partial charge in [-0.05, 0) is 18.8 Å². The van der Waals surface area contributed by atoms with Crippen molar-refractivity contribution in [1.82, 2.24) is 19.5 Å². The maximum absolute atomic E-state index is 12.1. The zero-order valence-electron chi connectivity index (χ0n) is 17.6. The van der Waals surface area contributed by atoms with Crippen molar-refractivity contribution in [1.29, 1.82) is 0 Å². The van der Waals surface area contributed by atoms with Crippen LogP contribution in [-0.4, -0.2) is 50.7 Å². The molecule has 0 radical (unpaired) electrons. The summed E-state index contributed by atoms with van der Waals surface area (Å²) in [6, 6.07) is -0.694. The van der Waals surface area contributed by atoms with Crippen molar-refractivity contribution in [2.45, 2.75) is 52.6 Å². The molecule has 2 aromatic rings. The van der Waals surface area contributed by atoms with Crippen LogP contribution in [0.3, 0.4) is 0 Å². The number of nitrogens with one attached hydrogen (secondary N) is 1. The highest BCUT2D eigenvalue weighted by Gasteiger charge is 2.20. The molecule has 0 bridgehead atoms. The van der Waals surface area contributed by atoms with E-state index in [4.69, 9.17) is 20.9 Å². The molecule has 0 aromatic carbocycles. The minimum atomic E-state index is -0.694. The predicted octanol–water partition coefficient (Wildman–Crippen LogP) is 0.578. The molecule has 11 heteroatoms. The van der Waals surface area contributed by atoms with Gasteiger partial charge in [-0.1, -0.05) is 20.8 Å². The van der Waals surface area contributed by atoms with E-state index in [2.05, 4.69) is 15.0 Å². The average Bonchev–Trinajstić information content (AvgIpc) is 3.09. The SMILES string of the molecule is CCC(=O)OCC(CCn1cnc2c(=O)[nH]c(N)nc21)COC(=O)[C@@H](N)CC(C)C. The Morgan fingerprint density at radius 2 is 1.97 bits per heavy atom. The highest BCUT2D eigenvalue weighted by atomic mass is 16.5. The lowest BCUT2D eigenvalue weighted by atomic mass is 10.0. The second kappa shape index (κ2) is 10.7. The van der Waals surface area contributed by atoms with Crippen LogP contribution < -0.4 is 17.0 Å². The lowest BCUT2D eigenvalue weighted by Crippen LogP contribution is -2.35. The molecule has 0 aliphatic heterocycles. The molecule has 30 heavy (non-hydrogen) atoms. The van der Waals surface area contributed by atoms with Crippen molar-refractivity contribution in [3.05, 3.63) is 16.7 Å². The number of carbonyl (C=O) groups excluding carboxylic acids is 2. The third-order valence-corrected chi connectivity index (χ3v) is 4.53. The first-order chi connectivity index (χ1) is 14.2. The average molecular weight is 422 g/mol. The summed E-state index contributed by atoms with van der Waals surface area (Å²) in [7, 11) is 0. The number of esters is 2. The van der Waals surface area contributed by atoms with Crippen LogP contribution in [0.4, 0.5) is 5.95 Å². The standard InChI is InChI=1S/C19H30N6O5/c1-4-14(26)29-8-12(9-30-18(28)13(20)7-11(2)3)5-6-25-10-22-15-16(25)23-19(21)24-17(15)27/h10-13H,4-9,20H2,1-3H3,(H3,21,23,24,27)/t12?,13-/m0/s1. The molecule has 11 nitrogen and oxygen atoms in total. The van der Waals surface area contributed by atoms with Gasteiger partial charge in [0.25, 0.3) is 5.56 Å². The molecule has 2 atom stereocenters. The Labute approximate surface area is 174 Å². The van der Waals surface area contributed by atoms with Crippen molar-refractivity contribution in [2.75, 3.05) is 18.9 Å². The van der Waals surface area contributed by atoms with Crippen molar-refractivity contribution in [3.63, 3.8) is 0 Å². The van der Waals surface area contributed by atoms with Gasteiger partial charge in [-0.25, -0.2) is 4.98 Å². The number of anilines is 1. The van der Waals surface area contributed by atoms with Crippen molar-refractivity contribution >= 4 is 29.1 Å². The van der Waals surface area contributed by atoms with Gasteiger partial charge in [0, 0.05) is 18.9 Å². The van der Waals surface area contributed by atoms with Crippen LogP contribution in [0.1, 0.15) is 40.0 Å². The molecule has 0 saturated carbocycles. The van der Waals surface area contributed by atoms with Crippen LogP contribution in [0.25, 0.3) is 11.2 Å². The van der Waals surface area contributed by atoms with Crippen LogP contribution in [0.2, 0.25) is 0 Å². The number of nitrogen functional groups attached to an aromatic ring is 1. The summed E-state index contributed by atoms with van der Waals surface area (Å²) in [4.78, 5) is 46.1. The van der Waals surface area contributed by atoms with Gasteiger partial charge in [0.1, 0.15) is 6.04 Å². The van der Waals surface area contributed by atoms with E-state index in [0.717, 1.165) is 0 Å². The van der Waals surface area contributed by atoms with Crippen LogP contribution in [0.15, 0.2) is 11.1 Å². The molecular formula is C19H30N6O5. The first kappa shape index (κ1) is 23.3. The lowest BCUT2D eigenvalue weighted by Gasteiger charge is -2.19. The Bertz CT molecular complexity index is 922. The number of imidazole rings is 1. The van der Waals surface area contributed by atoms with Gasteiger partial charge < -0.3 is 25.5 Å². The number of rotatable bonds is 11. The number of ether oxygens (including phenoxy) is 2. The Hall–Kier alpha value is -2.95. The third-order valence-electron chi connectivity index (χ3n) is 4.53. The Morgan fingerprint density at radius 3 is 2.63 bits per heavy atom. The smallest absolute Gasteiger partial charge is 0.322 e. The molecule has 2 heterocycles. The number of hydrogen-bond acceptors (Lipinski definition) is 9. The summed E-state index contributed by atoms with van der Waals surface area (Å²) in [6.45, 7) is 6.22. The Kier molecular flexibility index (Phi) is 8.34. The number of aromatic nitrogens is 4. The quantitative estimate of drug-likeness (QED) is 0.438. The van der Waals surface area contributed by atoms with E-state index in [1.807, 2.05) is 13.8 Å². The summed E-state index contributed by atoms with van der Waals surface area (Å²) in [5.74, 6) is -0.809. The predicted molar refractivity (Wildman–Crippen MR) is 110 cm³/mol. The molecule has 0 fully saturated rings. The van der Waals surface area contributed by atoms with E-state index in [1.165, 1.54) is 6.33 Å². The number of nitrogens with zero attached hydrogens (tertiary/aromatic N) is 3. The molecule has 0 aliphatic carbocycles. The minimum absolute atomic E-state index is 0.00394. The zero-order valence-corrected chi connectivity index (χ0v) is 17.6. The van der Waals surface area contributed by atoms with E-state index >= 15 is 0 Å². The molecule has 5 N–H and O–H groups in total. The maximum atomic E-state index is 12.1. The normalized spacial score (nSPS) is 13.4. The van der Waals surface area contributed by atoms with Crippen LogP contribution in [-0.2, 0) is 25.6 Å². The second-order valence-electron chi connectivity index (χ2n) is 7.62. The van der Waals surface area contributed by atoms with Gasteiger partial charge in [-0.15, -0.1) is 0 Å². The number of H-pyrrole nitrogens is 1. The number of nitrogens with two attached hydrogens (primary N) is 2. The van der Waals surface area contributed by atoms with Gasteiger partial charge in [-0.3, -0.25) is 19.4 Å². The Balaban J connectivity index is 2.03. The van der Waals surface area contributed by atoms with Crippen LogP contribution >= 0.6 is 0 Å². The fourth-order valence-electron chi connectivity index (χ4n) is 2.89. The van der Waals surface area contributed by atoms with Gasteiger partial charge in [0.2, 0.25) is 5.95 Å². The summed E-state index contributed by atoms with van der Waals surface area (Å²) < 4.78 is 12.3. The van der Waals surface area contributed by atoms with E-state index in [-0.39, 0.29) is 48.9 Å². The lowest BCUT2D eigenvalue weighted by molar-refractivity contribution is -0.150. The number of fused-ring (bicyclic) bond motifs is 1. The molecule has 2 aromatic heterocycles. The maximum Gasteiger partial charge on any atom is 0.322 e. The Morgan fingerprint density at radius 1 is 1.27 bits per heavy atom. The van der Waals surface area contributed by atoms with E-state index in [0.29, 0.717) is 25.0 Å². The highest BCUT2D eigenvalue weighted by molar-refractivity contribution is 5.75. The molecular weight excluding hydrogens is 392 g/mol. The molecule has 1 unspecified atom stereocenters. The fraction of sp³-hybridized carbons (Fsp3) is 0.632. The monoisotopic (exact) mass is 422 g/mol. The van der Waals surface area contributed by atoms with Gasteiger partial charge in [0.15, 0.2) is 11.2 Å². The largest absolute Gasteiger partial charge is 0.465 e. The molecule has 166 valence electrons. The van der Waals surface area contributed by atoms with E-state index in [9.17, 15) is 14.4 Å². The van der Waals surface area contributed by atoms with Gasteiger partial charge in [0.05, 0.1) is 19.5 Å². The molecule has 0 spiro atoms.